The Morgan fingerprint density at radius 2 is 1.20 bits per heavy atom. The van der Waals surface area contributed by atoms with Gasteiger partial charge in [0.25, 0.3) is 0 Å². The van der Waals surface area contributed by atoms with Gasteiger partial charge in [-0.3, -0.25) is 0 Å². The Labute approximate surface area is 142 Å². The fourth-order valence-corrected chi connectivity index (χ4v) is 3.23. The minimum atomic E-state index is -3.73. The molecular weight excluding hydrogens is 287 g/mol. The maximum atomic E-state index is 11.2. The van der Waals surface area contributed by atoms with Crippen molar-refractivity contribution in [3.05, 3.63) is 0 Å². The molecule has 0 amide bonds. The van der Waals surface area contributed by atoms with Crippen LogP contribution in [0.3, 0.4) is 0 Å². The van der Waals surface area contributed by atoms with Crippen LogP contribution in [-0.2, 0) is 18.8 Å². The molecule has 0 saturated heterocycles. The van der Waals surface area contributed by atoms with Gasteiger partial charge >= 0.3 is 111 Å². The molecule has 0 saturated carbocycles. The fourth-order valence-electron chi connectivity index (χ4n) is 1.97. The second kappa shape index (κ2) is 14.8. The molecule has 0 unspecified atom stereocenters. The van der Waals surface area contributed by atoms with Crippen LogP contribution in [0.2, 0.25) is 3.67 Å². The van der Waals surface area contributed by atoms with Gasteiger partial charge in [0.05, 0.1) is 0 Å². The molecule has 0 rings (SSSR count). The van der Waals surface area contributed by atoms with Crippen molar-refractivity contribution in [2.75, 3.05) is 13.2 Å². The predicted octanol–water partition coefficient (Wildman–Crippen LogP) is 3.77. The van der Waals surface area contributed by atoms with Crippen molar-refractivity contribution < 1.29 is 16.8 Å². The predicted molar refractivity (Wildman–Crippen MR) is 83.2 cm³/mol. The standard InChI is InChI=1S/C14H29O4S.Na/c1-3-5-6-7-8-9-10-11-12-13-14-18-19(15,16)17-4-2;/h2-14H2,1H3;. The van der Waals surface area contributed by atoms with E-state index in [0.29, 0.717) is 0 Å². The van der Waals surface area contributed by atoms with Crippen LogP contribution in [0, 0.1) is 0 Å². The van der Waals surface area contributed by atoms with Gasteiger partial charge in [0, 0.05) is 0 Å². The quantitative estimate of drug-likeness (QED) is 0.341. The average molecular weight is 316 g/mol. The molecule has 0 aliphatic rings. The summed E-state index contributed by atoms with van der Waals surface area (Å²) in [5, 5.41) is 0. The van der Waals surface area contributed by atoms with Crippen molar-refractivity contribution in [3.8, 4) is 0 Å². The van der Waals surface area contributed by atoms with Gasteiger partial charge in [-0.05, 0) is 0 Å². The second-order valence-corrected chi connectivity index (χ2v) is 7.52. The summed E-state index contributed by atoms with van der Waals surface area (Å²) in [4.78, 5) is 0. The van der Waals surface area contributed by atoms with Crippen LogP contribution in [0.4, 0.5) is 0 Å². The summed E-state index contributed by atoms with van der Waals surface area (Å²) in [6.45, 7) is 2.74. The molecule has 0 spiro atoms. The topological polar surface area (TPSA) is 52.6 Å². The van der Waals surface area contributed by atoms with E-state index in [-0.39, 0.29) is 13.2 Å². The third-order valence-corrected chi connectivity index (χ3v) is 4.48. The zero-order valence-electron chi connectivity index (χ0n) is 13.2. The van der Waals surface area contributed by atoms with Gasteiger partial charge in [-0.25, -0.2) is 0 Å². The summed E-state index contributed by atoms with van der Waals surface area (Å²) in [6, 6.07) is 0. The molecule has 0 radical (unpaired) electrons. The molecule has 116 valence electrons. The van der Waals surface area contributed by atoms with Crippen molar-refractivity contribution in [2.45, 2.75) is 74.8 Å². The Kier molecular flexibility index (Phi) is 15.4. The van der Waals surface area contributed by atoms with Crippen molar-refractivity contribution in [3.63, 3.8) is 0 Å². The third-order valence-electron chi connectivity index (χ3n) is 3.16. The Morgan fingerprint density at radius 1 is 0.750 bits per heavy atom. The number of unbranched alkanes of at least 4 members (excludes halogenated alkanes) is 9. The average Bonchev–Trinajstić information content (AvgIpc) is 2.42. The van der Waals surface area contributed by atoms with E-state index in [0.717, 1.165) is 44.4 Å². The SMILES string of the molecule is CCCCCCCCCCCCOS(=O)(=O)OC[CH2][Na]. The van der Waals surface area contributed by atoms with E-state index in [1.54, 1.807) is 0 Å². The number of hydrogen-bond acceptors (Lipinski definition) is 4. The summed E-state index contributed by atoms with van der Waals surface area (Å²) in [6.07, 6.45) is 12.2. The van der Waals surface area contributed by atoms with E-state index >= 15 is 0 Å². The van der Waals surface area contributed by atoms with Crippen LogP contribution >= 0.6 is 0 Å². The Morgan fingerprint density at radius 3 is 1.70 bits per heavy atom. The first-order valence-electron chi connectivity index (χ1n) is 8.16. The molecule has 4 nitrogen and oxygen atoms in total. The van der Waals surface area contributed by atoms with Crippen molar-refractivity contribution in [2.24, 2.45) is 0 Å². The molecule has 0 N–H and O–H groups in total. The molecule has 0 aliphatic heterocycles. The van der Waals surface area contributed by atoms with Crippen LogP contribution in [0.5, 0.6) is 0 Å². The van der Waals surface area contributed by atoms with Crippen LogP contribution in [-0.4, -0.2) is 49.6 Å². The molecule has 0 heterocycles. The molecule has 0 aliphatic carbocycles. The first-order chi connectivity index (χ1) is 9.62. The van der Waals surface area contributed by atoms with Gasteiger partial charge in [-0.1, -0.05) is 32.6 Å². The van der Waals surface area contributed by atoms with Gasteiger partial charge in [0.2, 0.25) is 0 Å². The Bertz CT molecular complexity index is 294. The maximum absolute atomic E-state index is 11.2. The summed E-state index contributed by atoms with van der Waals surface area (Å²) in [7, 11) is -3.73. The molecule has 0 fully saturated rings. The summed E-state index contributed by atoms with van der Waals surface area (Å²) >= 11 is 0.944. The first-order valence-corrected chi connectivity index (χ1v) is 10.9. The van der Waals surface area contributed by atoms with Crippen LogP contribution < -0.4 is 0 Å². The Hall–Kier alpha value is 0.870. The van der Waals surface area contributed by atoms with Crippen LogP contribution in [0.15, 0.2) is 0 Å². The molecule has 0 aromatic heterocycles. The summed E-state index contributed by atoms with van der Waals surface area (Å²) < 4.78 is 32.7. The first kappa shape index (κ1) is 20.9. The van der Waals surface area contributed by atoms with E-state index in [1.165, 1.54) is 51.4 Å². The molecule has 0 bridgehead atoms. The molecule has 6 heteroatoms. The summed E-state index contributed by atoms with van der Waals surface area (Å²) in [5.74, 6) is 0. The van der Waals surface area contributed by atoms with Crippen LogP contribution in [0.25, 0.3) is 0 Å². The molecule has 0 aromatic carbocycles. The minimum absolute atomic E-state index is 0.250. The van der Waals surface area contributed by atoms with Crippen LogP contribution in [0.1, 0.15) is 71.1 Å². The molecule has 0 atom stereocenters. The van der Waals surface area contributed by atoms with Crippen molar-refractivity contribution in [1.29, 1.82) is 0 Å². The second-order valence-electron chi connectivity index (χ2n) is 5.23. The third kappa shape index (κ3) is 15.3. The van der Waals surface area contributed by atoms with Gasteiger partial charge in [0.15, 0.2) is 0 Å². The van der Waals surface area contributed by atoms with E-state index in [4.69, 9.17) is 4.18 Å². The van der Waals surface area contributed by atoms with Crippen molar-refractivity contribution in [1.82, 2.24) is 0 Å². The van der Waals surface area contributed by atoms with Gasteiger partial charge in [-0.2, -0.15) is 0 Å². The normalized spacial score (nSPS) is 11.9. The molecule has 0 aromatic rings. The van der Waals surface area contributed by atoms with Gasteiger partial charge in [0.1, 0.15) is 0 Å². The summed E-state index contributed by atoms with van der Waals surface area (Å²) in [5.41, 5.74) is 0. The number of rotatable bonds is 15. The monoisotopic (exact) mass is 316 g/mol. The molecule has 20 heavy (non-hydrogen) atoms. The zero-order chi connectivity index (χ0) is 15.1. The van der Waals surface area contributed by atoms with Crippen molar-refractivity contribution >= 4 is 38.3 Å². The number of hydrogen-bond donors (Lipinski definition) is 0. The molecular formula is C14H29NaO4S. The van der Waals surface area contributed by atoms with E-state index < -0.39 is 10.4 Å². The zero-order valence-corrected chi connectivity index (χ0v) is 16.1. The van der Waals surface area contributed by atoms with Gasteiger partial charge < -0.3 is 0 Å². The van der Waals surface area contributed by atoms with E-state index in [9.17, 15) is 8.42 Å². The van der Waals surface area contributed by atoms with Gasteiger partial charge in [-0.15, -0.1) is 0 Å². The fraction of sp³-hybridized carbons (Fsp3) is 1.00. The van der Waals surface area contributed by atoms with E-state index in [2.05, 4.69) is 11.1 Å². The Balaban J connectivity index is 3.24. The van der Waals surface area contributed by atoms with E-state index in [1.807, 2.05) is 0 Å².